The van der Waals surface area contributed by atoms with Crippen LogP contribution < -0.4 is 15.8 Å². The first-order chi connectivity index (χ1) is 9.20. The van der Waals surface area contributed by atoms with E-state index in [1.807, 2.05) is 5.38 Å². The topological polar surface area (TPSA) is 77.2 Å². The molecular formula is C13H13N3O2S. The van der Waals surface area contributed by atoms with E-state index < -0.39 is 0 Å². The molecule has 0 bridgehead atoms. The number of carbonyl (C=O) groups excluding carboxylic acids is 1. The van der Waals surface area contributed by atoms with Crippen LogP contribution in [-0.4, -0.2) is 10.9 Å². The van der Waals surface area contributed by atoms with Crippen LogP contribution in [-0.2, 0) is 11.4 Å². The number of nitrogens with zero attached hydrogens (tertiary/aromatic N) is 1. The van der Waals surface area contributed by atoms with Gasteiger partial charge in [0.05, 0.1) is 5.69 Å². The Balaban J connectivity index is 2.16. The minimum Gasteiger partial charge on any atom is -0.484 e. The quantitative estimate of drug-likeness (QED) is 0.649. The summed E-state index contributed by atoms with van der Waals surface area (Å²) in [6.07, 6.45) is 2.89. The van der Waals surface area contributed by atoms with E-state index in [-0.39, 0.29) is 5.91 Å². The van der Waals surface area contributed by atoms with Crippen molar-refractivity contribution in [2.24, 2.45) is 0 Å². The summed E-state index contributed by atoms with van der Waals surface area (Å²) < 4.78 is 5.63. The summed E-state index contributed by atoms with van der Waals surface area (Å²) in [7, 11) is 0. The summed E-state index contributed by atoms with van der Waals surface area (Å²) in [5.41, 5.74) is 6.72. The molecule has 19 heavy (non-hydrogen) atoms. The van der Waals surface area contributed by atoms with Crippen molar-refractivity contribution < 1.29 is 9.53 Å². The highest BCUT2D eigenvalue weighted by Gasteiger charge is 2.10. The van der Waals surface area contributed by atoms with Crippen molar-refractivity contribution in [1.82, 2.24) is 4.98 Å². The standard InChI is InChI=1S/C13H13N3O2S/c1-2-11(17)16-13-9(14)4-3-5-10(13)18-8-12-15-6-7-19-12/h2-7H,1,8,14H2,(H,16,17). The SMILES string of the molecule is C=CC(=O)Nc1c(N)cccc1OCc1nccs1. The van der Waals surface area contributed by atoms with E-state index in [2.05, 4.69) is 16.9 Å². The average Bonchev–Trinajstić information content (AvgIpc) is 2.92. The number of ether oxygens (including phenoxy) is 1. The Hall–Kier alpha value is -2.34. The lowest BCUT2D eigenvalue weighted by atomic mass is 10.2. The number of nitrogens with two attached hydrogens (primary N) is 1. The number of hydrogen-bond donors (Lipinski definition) is 2. The van der Waals surface area contributed by atoms with Gasteiger partial charge in [-0.15, -0.1) is 11.3 Å². The predicted molar refractivity (Wildman–Crippen MR) is 76.1 cm³/mol. The fourth-order valence-electron chi connectivity index (χ4n) is 1.44. The first-order valence-corrected chi connectivity index (χ1v) is 6.41. The minimum absolute atomic E-state index is 0.331. The zero-order chi connectivity index (χ0) is 13.7. The number of para-hydroxylation sites is 1. The Bertz CT molecular complexity index is 582. The summed E-state index contributed by atoms with van der Waals surface area (Å²) >= 11 is 1.50. The molecule has 1 aromatic heterocycles. The molecule has 0 aliphatic carbocycles. The van der Waals surface area contributed by atoms with Crippen molar-refractivity contribution in [2.45, 2.75) is 6.61 Å². The average molecular weight is 275 g/mol. The number of nitrogens with one attached hydrogen (secondary N) is 1. The number of hydrogen-bond acceptors (Lipinski definition) is 5. The van der Waals surface area contributed by atoms with Gasteiger partial charge in [0.25, 0.3) is 0 Å². The summed E-state index contributed by atoms with van der Waals surface area (Å²) in [5, 5.41) is 5.36. The molecule has 1 amide bonds. The third-order valence-corrected chi connectivity index (χ3v) is 3.08. The van der Waals surface area contributed by atoms with Crippen molar-refractivity contribution in [3.8, 4) is 5.75 Å². The van der Waals surface area contributed by atoms with Gasteiger partial charge in [0.1, 0.15) is 23.1 Å². The maximum atomic E-state index is 11.4. The number of rotatable bonds is 5. The first kappa shape index (κ1) is 13.1. The molecule has 1 heterocycles. The van der Waals surface area contributed by atoms with E-state index in [9.17, 15) is 4.79 Å². The van der Waals surface area contributed by atoms with Crippen LogP contribution in [0.3, 0.4) is 0 Å². The molecule has 0 aliphatic rings. The Labute approximate surface area is 114 Å². The third-order valence-electron chi connectivity index (χ3n) is 2.33. The van der Waals surface area contributed by atoms with Gasteiger partial charge >= 0.3 is 0 Å². The number of nitrogen functional groups attached to an aromatic ring is 1. The Morgan fingerprint density at radius 3 is 3.11 bits per heavy atom. The first-order valence-electron chi connectivity index (χ1n) is 5.54. The molecule has 0 radical (unpaired) electrons. The van der Waals surface area contributed by atoms with Crippen LogP contribution in [0.5, 0.6) is 5.75 Å². The van der Waals surface area contributed by atoms with E-state index in [1.165, 1.54) is 17.4 Å². The second kappa shape index (κ2) is 6.01. The van der Waals surface area contributed by atoms with Crippen LogP contribution in [0, 0.1) is 0 Å². The number of anilines is 2. The predicted octanol–water partition coefficient (Wildman–Crippen LogP) is 2.43. The monoisotopic (exact) mass is 275 g/mol. The van der Waals surface area contributed by atoms with Crippen molar-refractivity contribution in [3.05, 3.63) is 47.4 Å². The third kappa shape index (κ3) is 3.32. The molecule has 0 fully saturated rings. The molecule has 3 N–H and O–H groups in total. The molecule has 0 spiro atoms. The van der Waals surface area contributed by atoms with Crippen LogP contribution in [0.1, 0.15) is 5.01 Å². The number of carbonyl (C=O) groups is 1. The van der Waals surface area contributed by atoms with Gasteiger partial charge in [-0.1, -0.05) is 12.6 Å². The van der Waals surface area contributed by atoms with Gasteiger partial charge in [-0.3, -0.25) is 4.79 Å². The Morgan fingerprint density at radius 2 is 2.42 bits per heavy atom. The lowest BCUT2D eigenvalue weighted by Gasteiger charge is -2.13. The fraction of sp³-hybridized carbons (Fsp3) is 0.0769. The largest absolute Gasteiger partial charge is 0.484 e. The van der Waals surface area contributed by atoms with Crippen molar-refractivity contribution >= 4 is 28.6 Å². The van der Waals surface area contributed by atoms with Crippen molar-refractivity contribution in [1.29, 1.82) is 0 Å². The van der Waals surface area contributed by atoms with Crippen LogP contribution >= 0.6 is 11.3 Å². The Morgan fingerprint density at radius 1 is 1.58 bits per heavy atom. The van der Waals surface area contributed by atoms with Crippen molar-refractivity contribution in [3.63, 3.8) is 0 Å². The molecule has 0 saturated carbocycles. The minimum atomic E-state index is -0.336. The lowest BCUT2D eigenvalue weighted by molar-refractivity contribution is -0.111. The second-order valence-electron chi connectivity index (χ2n) is 3.63. The molecule has 0 unspecified atom stereocenters. The highest BCUT2D eigenvalue weighted by molar-refractivity contribution is 7.09. The molecule has 5 nitrogen and oxygen atoms in total. The van der Waals surface area contributed by atoms with Gasteiger partial charge in [0, 0.05) is 11.6 Å². The van der Waals surface area contributed by atoms with E-state index in [0.717, 1.165) is 5.01 Å². The smallest absolute Gasteiger partial charge is 0.247 e. The van der Waals surface area contributed by atoms with Gasteiger partial charge in [0.15, 0.2) is 0 Å². The van der Waals surface area contributed by atoms with Gasteiger partial charge in [-0.25, -0.2) is 4.98 Å². The van der Waals surface area contributed by atoms with Crippen LogP contribution in [0.25, 0.3) is 0 Å². The molecule has 1 aromatic carbocycles. The summed E-state index contributed by atoms with van der Waals surface area (Å²) in [6, 6.07) is 5.19. The van der Waals surface area contributed by atoms with E-state index in [4.69, 9.17) is 10.5 Å². The van der Waals surface area contributed by atoms with Gasteiger partial charge < -0.3 is 15.8 Å². The van der Waals surface area contributed by atoms with Gasteiger partial charge in [0.2, 0.25) is 5.91 Å². The van der Waals surface area contributed by atoms with E-state index in [1.54, 1.807) is 24.4 Å². The summed E-state index contributed by atoms with van der Waals surface area (Å²) in [6.45, 7) is 3.73. The maximum absolute atomic E-state index is 11.4. The molecule has 2 aromatic rings. The second-order valence-corrected chi connectivity index (χ2v) is 4.61. The lowest BCUT2D eigenvalue weighted by Crippen LogP contribution is -2.11. The van der Waals surface area contributed by atoms with Gasteiger partial charge in [-0.2, -0.15) is 0 Å². The van der Waals surface area contributed by atoms with Crippen LogP contribution in [0.15, 0.2) is 42.4 Å². The van der Waals surface area contributed by atoms with Crippen LogP contribution in [0.2, 0.25) is 0 Å². The van der Waals surface area contributed by atoms with Gasteiger partial charge in [-0.05, 0) is 18.2 Å². The highest BCUT2D eigenvalue weighted by atomic mass is 32.1. The van der Waals surface area contributed by atoms with Crippen molar-refractivity contribution in [2.75, 3.05) is 11.1 Å². The normalized spacial score (nSPS) is 9.89. The molecule has 2 rings (SSSR count). The van der Waals surface area contributed by atoms with E-state index in [0.29, 0.717) is 23.7 Å². The number of benzene rings is 1. The maximum Gasteiger partial charge on any atom is 0.247 e. The molecule has 0 saturated heterocycles. The number of aromatic nitrogens is 1. The highest BCUT2D eigenvalue weighted by Crippen LogP contribution is 2.31. The summed E-state index contributed by atoms with van der Waals surface area (Å²) in [5.74, 6) is 0.169. The molecule has 6 heteroatoms. The number of amides is 1. The number of thiazole rings is 1. The Kier molecular flexibility index (Phi) is 4.15. The molecule has 0 aliphatic heterocycles. The zero-order valence-corrected chi connectivity index (χ0v) is 10.9. The van der Waals surface area contributed by atoms with E-state index >= 15 is 0 Å². The fourth-order valence-corrected chi connectivity index (χ4v) is 1.97. The van der Waals surface area contributed by atoms with Crippen LogP contribution in [0.4, 0.5) is 11.4 Å². The molecule has 98 valence electrons. The zero-order valence-electron chi connectivity index (χ0n) is 10.1. The molecular weight excluding hydrogens is 262 g/mol. The molecule has 0 atom stereocenters. The summed E-state index contributed by atoms with van der Waals surface area (Å²) in [4.78, 5) is 15.5.